The number of halogens is 3. The van der Waals surface area contributed by atoms with Crippen LogP contribution in [0.5, 0.6) is 0 Å². The van der Waals surface area contributed by atoms with E-state index < -0.39 is 17.9 Å². The van der Waals surface area contributed by atoms with Gasteiger partial charge in [0.25, 0.3) is 6.43 Å². The van der Waals surface area contributed by atoms with Gasteiger partial charge in [-0.3, -0.25) is 14.6 Å². The zero-order chi connectivity index (χ0) is 20.7. The van der Waals surface area contributed by atoms with Crippen LogP contribution in [0.4, 0.5) is 24.7 Å². The van der Waals surface area contributed by atoms with E-state index in [4.69, 9.17) is 0 Å². The molecule has 0 saturated heterocycles. The van der Waals surface area contributed by atoms with Crippen molar-refractivity contribution in [3.8, 4) is 11.1 Å². The highest BCUT2D eigenvalue weighted by Gasteiger charge is 2.24. The van der Waals surface area contributed by atoms with E-state index in [0.717, 1.165) is 11.3 Å². The second kappa shape index (κ2) is 7.26. The normalized spacial score (nSPS) is 13.7. The molecule has 29 heavy (non-hydrogen) atoms. The number of amides is 1. The lowest BCUT2D eigenvalue weighted by Gasteiger charge is -2.25. The summed E-state index contributed by atoms with van der Waals surface area (Å²) in [7, 11) is 1.53. The average Bonchev–Trinajstić information content (AvgIpc) is 3.26. The Morgan fingerprint density at radius 3 is 2.83 bits per heavy atom. The molecular formula is C19H19F3N6O. The zero-order valence-electron chi connectivity index (χ0n) is 15.8. The molecule has 1 amide bonds. The summed E-state index contributed by atoms with van der Waals surface area (Å²) in [5.74, 6) is -0.209. The molecule has 0 saturated carbocycles. The van der Waals surface area contributed by atoms with Gasteiger partial charge in [-0.15, -0.1) is 0 Å². The predicted octanol–water partition coefficient (Wildman–Crippen LogP) is 3.54. The number of H-pyrrole nitrogens is 1. The Labute approximate surface area is 164 Å². The van der Waals surface area contributed by atoms with Gasteiger partial charge in [-0.05, 0) is 17.7 Å². The van der Waals surface area contributed by atoms with Crippen LogP contribution in [0.1, 0.15) is 30.3 Å². The van der Waals surface area contributed by atoms with Gasteiger partial charge in [0, 0.05) is 50.0 Å². The topological polar surface area (TPSA) is 78.8 Å². The number of hydrogen-bond acceptors (Lipinski definition) is 4. The van der Waals surface area contributed by atoms with Crippen LogP contribution >= 0.6 is 0 Å². The number of aromatic amines is 1. The van der Waals surface area contributed by atoms with Crippen molar-refractivity contribution in [3.63, 3.8) is 0 Å². The number of carbonyl (C=O) groups excluding carboxylic acids is 1. The molecular weight excluding hydrogens is 385 g/mol. The lowest BCUT2D eigenvalue weighted by atomic mass is 10.1. The van der Waals surface area contributed by atoms with E-state index in [-0.39, 0.29) is 17.2 Å². The molecule has 152 valence electrons. The molecule has 3 aromatic rings. The van der Waals surface area contributed by atoms with E-state index in [9.17, 15) is 18.0 Å². The molecule has 0 radical (unpaired) electrons. The van der Waals surface area contributed by atoms with Gasteiger partial charge < -0.3 is 10.2 Å². The fourth-order valence-electron chi connectivity index (χ4n) is 3.47. The SMILES string of the molecule is CC(=O)N1CCc2[nH]nc(Nc3ccc(-c4cn(C)nc4C(F)F)cc3F)c2C1. The molecule has 0 fully saturated rings. The Kier molecular flexibility index (Phi) is 4.77. The molecule has 1 aromatic carbocycles. The highest BCUT2D eigenvalue weighted by Crippen LogP contribution is 2.33. The van der Waals surface area contributed by atoms with Crippen LogP contribution in [0.2, 0.25) is 0 Å². The quantitative estimate of drug-likeness (QED) is 0.697. The van der Waals surface area contributed by atoms with Gasteiger partial charge in [0.2, 0.25) is 5.91 Å². The number of anilines is 2. The van der Waals surface area contributed by atoms with Crippen LogP contribution in [0.15, 0.2) is 24.4 Å². The molecule has 0 atom stereocenters. The number of aryl methyl sites for hydroxylation is 1. The van der Waals surface area contributed by atoms with Crippen LogP contribution in [-0.2, 0) is 24.8 Å². The minimum absolute atomic E-state index is 0.0374. The van der Waals surface area contributed by atoms with Crippen LogP contribution < -0.4 is 5.32 Å². The molecule has 1 aliphatic heterocycles. The minimum Gasteiger partial charge on any atom is -0.338 e. The Morgan fingerprint density at radius 2 is 2.14 bits per heavy atom. The van der Waals surface area contributed by atoms with Gasteiger partial charge in [0.05, 0.1) is 12.2 Å². The molecule has 3 heterocycles. The van der Waals surface area contributed by atoms with Crippen molar-refractivity contribution in [1.29, 1.82) is 0 Å². The van der Waals surface area contributed by atoms with Crippen LogP contribution in [-0.4, -0.2) is 37.3 Å². The summed E-state index contributed by atoms with van der Waals surface area (Å²) in [6, 6.07) is 4.21. The Balaban J connectivity index is 1.61. The summed E-state index contributed by atoms with van der Waals surface area (Å²) in [5.41, 5.74) is 1.97. The molecule has 0 aliphatic carbocycles. The third-order valence-electron chi connectivity index (χ3n) is 4.98. The van der Waals surface area contributed by atoms with Crippen molar-refractivity contribution < 1.29 is 18.0 Å². The van der Waals surface area contributed by atoms with Gasteiger partial charge in [0.1, 0.15) is 11.5 Å². The predicted molar refractivity (Wildman–Crippen MR) is 100 cm³/mol. The number of nitrogens with one attached hydrogen (secondary N) is 2. The number of fused-ring (bicyclic) bond motifs is 1. The summed E-state index contributed by atoms with van der Waals surface area (Å²) in [4.78, 5) is 13.3. The van der Waals surface area contributed by atoms with Crippen molar-refractivity contribution in [1.82, 2.24) is 24.9 Å². The first kappa shape index (κ1) is 19.0. The Hall–Kier alpha value is -3.30. The lowest BCUT2D eigenvalue weighted by Crippen LogP contribution is -2.34. The molecule has 10 heteroatoms. The maximum absolute atomic E-state index is 14.7. The number of nitrogens with zero attached hydrogens (tertiary/aromatic N) is 4. The summed E-state index contributed by atoms with van der Waals surface area (Å²) < 4.78 is 42.4. The maximum Gasteiger partial charge on any atom is 0.282 e. The van der Waals surface area contributed by atoms with E-state index in [1.54, 1.807) is 11.0 Å². The van der Waals surface area contributed by atoms with Gasteiger partial charge >= 0.3 is 0 Å². The number of carbonyl (C=O) groups is 1. The second-order valence-electron chi connectivity index (χ2n) is 6.94. The smallest absolute Gasteiger partial charge is 0.282 e. The maximum atomic E-state index is 14.7. The van der Waals surface area contributed by atoms with Crippen molar-refractivity contribution >= 4 is 17.4 Å². The Bertz CT molecular complexity index is 1070. The van der Waals surface area contributed by atoms with Crippen LogP contribution in [0, 0.1) is 5.82 Å². The first-order valence-corrected chi connectivity index (χ1v) is 9.03. The van der Waals surface area contributed by atoms with E-state index >= 15 is 0 Å². The summed E-state index contributed by atoms with van der Waals surface area (Å²) in [5, 5.41) is 13.8. The van der Waals surface area contributed by atoms with Crippen molar-refractivity contribution in [2.45, 2.75) is 26.3 Å². The molecule has 0 unspecified atom stereocenters. The largest absolute Gasteiger partial charge is 0.338 e. The van der Waals surface area contributed by atoms with E-state index in [0.29, 0.717) is 30.9 Å². The number of hydrogen-bond donors (Lipinski definition) is 2. The summed E-state index contributed by atoms with van der Waals surface area (Å²) in [6.45, 7) is 2.49. The molecule has 2 N–H and O–H groups in total. The summed E-state index contributed by atoms with van der Waals surface area (Å²) in [6.07, 6.45) is -0.682. The molecule has 2 aromatic heterocycles. The lowest BCUT2D eigenvalue weighted by molar-refractivity contribution is -0.129. The van der Waals surface area contributed by atoms with Gasteiger partial charge in [-0.1, -0.05) is 6.07 Å². The van der Waals surface area contributed by atoms with Gasteiger partial charge in [0.15, 0.2) is 5.82 Å². The van der Waals surface area contributed by atoms with Crippen molar-refractivity contribution in [2.24, 2.45) is 7.05 Å². The molecule has 1 aliphatic rings. The highest BCUT2D eigenvalue weighted by molar-refractivity contribution is 5.74. The van der Waals surface area contributed by atoms with Gasteiger partial charge in [-0.25, -0.2) is 13.2 Å². The van der Waals surface area contributed by atoms with Crippen LogP contribution in [0.3, 0.4) is 0 Å². The molecule has 7 nitrogen and oxygen atoms in total. The van der Waals surface area contributed by atoms with E-state index in [1.165, 1.54) is 37.0 Å². The highest BCUT2D eigenvalue weighted by atomic mass is 19.3. The number of benzene rings is 1. The minimum atomic E-state index is -2.76. The summed E-state index contributed by atoms with van der Waals surface area (Å²) >= 11 is 0. The fourth-order valence-corrected chi connectivity index (χ4v) is 3.47. The monoisotopic (exact) mass is 404 g/mol. The number of aromatic nitrogens is 4. The standard InChI is InChI=1S/C19H19F3N6O/c1-10(29)28-6-5-15-13(9-28)19(25-24-15)23-16-4-3-11(7-14(16)20)12-8-27(2)26-17(12)18(21)22/h3-4,7-8,18H,5-6,9H2,1-2H3,(H2,23,24,25). The fraction of sp³-hybridized carbons (Fsp3) is 0.316. The average molecular weight is 404 g/mol. The molecule has 0 spiro atoms. The van der Waals surface area contributed by atoms with Crippen molar-refractivity contribution in [2.75, 3.05) is 11.9 Å². The van der Waals surface area contributed by atoms with Gasteiger partial charge in [-0.2, -0.15) is 10.2 Å². The Morgan fingerprint density at radius 1 is 1.34 bits per heavy atom. The second-order valence-corrected chi connectivity index (χ2v) is 6.94. The third-order valence-corrected chi connectivity index (χ3v) is 4.98. The van der Waals surface area contributed by atoms with E-state index in [1.807, 2.05) is 0 Å². The zero-order valence-corrected chi connectivity index (χ0v) is 15.8. The molecule has 0 bridgehead atoms. The number of rotatable bonds is 4. The molecule has 4 rings (SSSR count). The first-order chi connectivity index (χ1) is 13.8. The van der Waals surface area contributed by atoms with Crippen LogP contribution in [0.25, 0.3) is 11.1 Å². The third kappa shape index (κ3) is 3.57. The van der Waals surface area contributed by atoms with E-state index in [2.05, 4.69) is 20.6 Å². The van der Waals surface area contributed by atoms with Crippen molar-refractivity contribution in [3.05, 3.63) is 47.2 Å². The number of alkyl halides is 2. The first-order valence-electron chi connectivity index (χ1n) is 9.03.